The van der Waals surface area contributed by atoms with Crippen LogP contribution >= 0.6 is 11.6 Å². The minimum Gasteiger partial charge on any atom is -0.482 e. The van der Waals surface area contributed by atoms with Gasteiger partial charge >= 0.3 is 0 Å². The van der Waals surface area contributed by atoms with Crippen LogP contribution in [0.4, 0.5) is 15.8 Å². The van der Waals surface area contributed by atoms with Gasteiger partial charge < -0.3 is 10.1 Å². The van der Waals surface area contributed by atoms with E-state index < -0.39 is 23.3 Å². The summed E-state index contributed by atoms with van der Waals surface area (Å²) < 4.78 is 18.0. The van der Waals surface area contributed by atoms with E-state index in [9.17, 15) is 19.3 Å². The van der Waals surface area contributed by atoms with Crippen molar-refractivity contribution in [1.29, 1.82) is 0 Å². The summed E-state index contributed by atoms with van der Waals surface area (Å²) in [6.45, 7) is -0.419. The van der Waals surface area contributed by atoms with Crippen molar-refractivity contribution in [2.75, 3.05) is 11.9 Å². The van der Waals surface area contributed by atoms with Gasteiger partial charge in [-0.05, 0) is 24.3 Å². The molecule has 22 heavy (non-hydrogen) atoms. The number of anilines is 1. The third-order valence-corrected chi connectivity index (χ3v) is 2.92. The second kappa shape index (κ2) is 6.86. The highest BCUT2D eigenvalue weighted by molar-refractivity contribution is 6.32. The first-order valence-electron chi connectivity index (χ1n) is 6.08. The van der Waals surface area contributed by atoms with Gasteiger partial charge in [0.25, 0.3) is 11.6 Å². The van der Waals surface area contributed by atoms with Crippen LogP contribution in [0.15, 0.2) is 42.5 Å². The van der Waals surface area contributed by atoms with E-state index in [1.165, 1.54) is 24.3 Å². The first-order chi connectivity index (χ1) is 10.5. The summed E-state index contributed by atoms with van der Waals surface area (Å²) in [6, 6.07) is 9.20. The highest BCUT2D eigenvalue weighted by Gasteiger charge is 2.15. The van der Waals surface area contributed by atoms with E-state index in [1.807, 2.05) is 0 Å². The van der Waals surface area contributed by atoms with E-state index >= 15 is 0 Å². The molecule has 0 heterocycles. The van der Waals surface area contributed by atoms with Crippen LogP contribution in [0.25, 0.3) is 0 Å². The second-order valence-corrected chi connectivity index (χ2v) is 4.59. The standard InChI is InChI=1S/C14H10ClFN2O4/c15-10-7-9(16)5-6-13(10)22-8-14(19)17-11-3-1-2-4-12(11)18(20)21/h1-7H,8H2,(H,17,19). The maximum absolute atomic E-state index is 12.9. The highest BCUT2D eigenvalue weighted by atomic mass is 35.5. The molecule has 0 aliphatic heterocycles. The quantitative estimate of drug-likeness (QED) is 0.675. The van der Waals surface area contributed by atoms with Gasteiger partial charge in [-0.1, -0.05) is 23.7 Å². The molecule has 2 rings (SSSR count). The topological polar surface area (TPSA) is 81.5 Å². The van der Waals surface area contributed by atoms with Gasteiger partial charge in [0.15, 0.2) is 6.61 Å². The average molecular weight is 325 g/mol. The third kappa shape index (κ3) is 3.92. The van der Waals surface area contributed by atoms with Crippen LogP contribution in [0.1, 0.15) is 0 Å². The molecule has 0 saturated carbocycles. The Kier molecular flexibility index (Phi) is 4.90. The van der Waals surface area contributed by atoms with Crippen LogP contribution in [0, 0.1) is 15.9 Å². The lowest BCUT2D eigenvalue weighted by molar-refractivity contribution is -0.383. The van der Waals surface area contributed by atoms with Crippen LogP contribution in [0.5, 0.6) is 5.75 Å². The van der Waals surface area contributed by atoms with Crippen molar-refractivity contribution >= 4 is 28.9 Å². The molecule has 0 aromatic heterocycles. The number of carbonyl (C=O) groups is 1. The van der Waals surface area contributed by atoms with Crippen LogP contribution in [0.2, 0.25) is 5.02 Å². The number of para-hydroxylation sites is 2. The Morgan fingerprint density at radius 3 is 2.73 bits per heavy atom. The SMILES string of the molecule is O=C(COc1ccc(F)cc1Cl)Nc1ccccc1[N+](=O)[O-]. The summed E-state index contributed by atoms with van der Waals surface area (Å²) in [5, 5.41) is 13.2. The molecule has 1 N–H and O–H groups in total. The second-order valence-electron chi connectivity index (χ2n) is 4.19. The first kappa shape index (κ1) is 15.7. The first-order valence-corrected chi connectivity index (χ1v) is 6.46. The lowest BCUT2D eigenvalue weighted by Gasteiger charge is -2.09. The molecular weight excluding hydrogens is 315 g/mol. The molecule has 0 radical (unpaired) electrons. The van der Waals surface area contributed by atoms with E-state index in [1.54, 1.807) is 6.07 Å². The molecule has 6 nitrogen and oxygen atoms in total. The molecule has 0 spiro atoms. The number of nitro benzene ring substituents is 1. The molecule has 2 aromatic carbocycles. The molecule has 2 aromatic rings. The van der Waals surface area contributed by atoms with Gasteiger partial charge in [0.1, 0.15) is 17.3 Å². The van der Waals surface area contributed by atoms with E-state index in [2.05, 4.69) is 5.32 Å². The molecule has 0 unspecified atom stereocenters. The van der Waals surface area contributed by atoms with Crippen LogP contribution in [0.3, 0.4) is 0 Å². The van der Waals surface area contributed by atoms with Crippen molar-refractivity contribution in [3.8, 4) is 5.75 Å². The van der Waals surface area contributed by atoms with Crippen LogP contribution < -0.4 is 10.1 Å². The molecular formula is C14H10ClFN2O4. The summed E-state index contributed by atoms with van der Waals surface area (Å²) in [5.74, 6) is -0.989. The largest absolute Gasteiger partial charge is 0.482 e. The summed E-state index contributed by atoms with van der Waals surface area (Å²) in [4.78, 5) is 22.0. The zero-order valence-electron chi connectivity index (χ0n) is 11.1. The Hall–Kier alpha value is -2.67. The van der Waals surface area contributed by atoms with Gasteiger partial charge in [-0.2, -0.15) is 0 Å². The number of nitrogens with zero attached hydrogens (tertiary/aromatic N) is 1. The number of ether oxygens (including phenoxy) is 1. The van der Waals surface area contributed by atoms with E-state index in [0.29, 0.717) is 0 Å². The Labute approximate surface area is 129 Å². The maximum Gasteiger partial charge on any atom is 0.292 e. The van der Waals surface area contributed by atoms with Gasteiger partial charge in [0, 0.05) is 6.07 Å². The number of amides is 1. The Morgan fingerprint density at radius 1 is 1.32 bits per heavy atom. The molecule has 114 valence electrons. The Balaban J connectivity index is 2.00. The molecule has 0 saturated heterocycles. The highest BCUT2D eigenvalue weighted by Crippen LogP contribution is 2.25. The fourth-order valence-electron chi connectivity index (χ4n) is 1.66. The number of hydrogen-bond acceptors (Lipinski definition) is 4. The molecule has 0 aliphatic carbocycles. The lowest BCUT2D eigenvalue weighted by atomic mass is 10.2. The van der Waals surface area contributed by atoms with E-state index in [0.717, 1.165) is 12.1 Å². The van der Waals surface area contributed by atoms with Gasteiger partial charge in [0.05, 0.1) is 9.95 Å². The normalized spacial score (nSPS) is 10.1. The smallest absolute Gasteiger partial charge is 0.292 e. The maximum atomic E-state index is 12.9. The number of nitrogens with one attached hydrogen (secondary N) is 1. The third-order valence-electron chi connectivity index (χ3n) is 2.63. The van der Waals surface area contributed by atoms with Gasteiger partial charge in [-0.15, -0.1) is 0 Å². The number of halogens is 2. The zero-order chi connectivity index (χ0) is 16.1. The predicted molar refractivity (Wildman–Crippen MR) is 78.6 cm³/mol. The van der Waals surface area contributed by atoms with Crippen molar-refractivity contribution in [3.05, 3.63) is 63.4 Å². The Morgan fingerprint density at radius 2 is 2.05 bits per heavy atom. The van der Waals surface area contributed by atoms with E-state index in [4.69, 9.17) is 16.3 Å². The predicted octanol–water partition coefficient (Wildman–Crippen LogP) is 3.40. The summed E-state index contributed by atoms with van der Waals surface area (Å²) in [7, 11) is 0. The number of benzene rings is 2. The van der Waals surface area contributed by atoms with Crippen molar-refractivity contribution in [3.63, 3.8) is 0 Å². The summed E-state index contributed by atoms with van der Waals surface area (Å²) in [5.41, 5.74) is -0.165. The Bertz CT molecular complexity index is 724. The zero-order valence-corrected chi connectivity index (χ0v) is 11.8. The number of rotatable bonds is 5. The van der Waals surface area contributed by atoms with Crippen molar-refractivity contribution in [1.82, 2.24) is 0 Å². The molecule has 1 amide bonds. The molecule has 0 aliphatic rings. The van der Waals surface area contributed by atoms with Crippen LogP contribution in [-0.2, 0) is 4.79 Å². The summed E-state index contributed by atoms with van der Waals surface area (Å²) >= 11 is 5.75. The van der Waals surface area contributed by atoms with Gasteiger partial charge in [-0.3, -0.25) is 14.9 Å². The minimum absolute atomic E-state index is 0.0264. The lowest BCUT2D eigenvalue weighted by Crippen LogP contribution is -2.20. The average Bonchev–Trinajstić information content (AvgIpc) is 2.46. The fraction of sp³-hybridized carbons (Fsp3) is 0.0714. The number of nitro groups is 1. The minimum atomic E-state index is -0.604. The van der Waals surface area contributed by atoms with Gasteiger partial charge in [-0.25, -0.2) is 4.39 Å². The molecule has 0 atom stereocenters. The number of hydrogen-bond donors (Lipinski definition) is 1. The van der Waals surface area contributed by atoms with Crippen molar-refractivity contribution in [2.24, 2.45) is 0 Å². The van der Waals surface area contributed by atoms with Crippen LogP contribution in [-0.4, -0.2) is 17.4 Å². The fourth-order valence-corrected chi connectivity index (χ4v) is 1.88. The van der Waals surface area contributed by atoms with Gasteiger partial charge in [0.2, 0.25) is 0 Å². The molecule has 0 fully saturated rings. The van der Waals surface area contributed by atoms with E-state index in [-0.39, 0.29) is 22.1 Å². The molecule has 0 bridgehead atoms. The molecule has 8 heteroatoms. The van der Waals surface area contributed by atoms with Crippen molar-refractivity contribution < 1.29 is 18.8 Å². The number of carbonyl (C=O) groups excluding carboxylic acids is 1. The van der Waals surface area contributed by atoms with Crippen molar-refractivity contribution in [2.45, 2.75) is 0 Å². The monoisotopic (exact) mass is 324 g/mol. The summed E-state index contributed by atoms with van der Waals surface area (Å²) in [6.07, 6.45) is 0.